The highest BCUT2D eigenvalue weighted by Crippen LogP contribution is 2.10. The molecule has 0 spiro atoms. The molecule has 0 bridgehead atoms. The van der Waals surface area contributed by atoms with Gasteiger partial charge < -0.3 is 0 Å². The van der Waals surface area contributed by atoms with Crippen LogP contribution in [0.4, 0.5) is 18.6 Å². The first-order valence-corrected chi connectivity index (χ1v) is 3.59. The normalized spacial score (nSPS) is 8.47. The van der Waals surface area contributed by atoms with Crippen molar-refractivity contribution in [1.29, 1.82) is 0 Å². The SMILES string of the molecule is FB(F)F.O=Cc1cccc([N+](=O)[O-])c1. The van der Waals surface area contributed by atoms with E-state index in [1.165, 1.54) is 24.3 Å². The smallest absolute Gasteiger partial charge is 0.298 e. The van der Waals surface area contributed by atoms with Gasteiger partial charge in [0.25, 0.3) is 5.69 Å². The molecule has 0 aromatic heterocycles. The molecule has 0 atom stereocenters. The third-order valence-corrected chi connectivity index (χ3v) is 1.22. The van der Waals surface area contributed by atoms with Gasteiger partial charge in [-0.2, -0.15) is 0 Å². The molecule has 1 rings (SSSR count). The molecule has 0 N–H and O–H groups in total. The standard InChI is InChI=1S/C7H5NO3.BF3/c9-5-6-2-1-3-7(4-6)8(10)11;2-1(3)4/h1-5H;. The lowest BCUT2D eigenvalue weighted by molar-refractivity contribution is -0.384. The predicted octanol–water partition coefficient (Wildman–Crippen LogP) is 2.29. The maximum Gasteiger partial charge on any atom is 0.762 e. The number of hydrogen-bond acceptors (Lipinski definition) is 3. The van der Waals surface area contributed by atoms with E-state index in [1.54, 1.807) is 0 Å². The average Bonchev–Trinajstić information content (AvgIpc) is 2.17. The number of carbonyl (C=O) groups excluding carboxylic acids is 1. The van der Waals surface area contributed by atoms with E-state index >= 15 is 0 Å². The molecule has 0 saturated carbocycles. The zero-order chi connectivity index (χ0) is 11.8. The summed E-state index contributed by atoms with van der Waals surface area (Å²) in [6.07, 6.45) is 0.576. The summed E-state index contributed by atoms with van der Waals surface area (Å²) in [6.45, 7) is 0. The summed E-state index contributed by atoms with van der Waals surface area (Å²) < 4.78 is 29.0. The van der Waals surface area contributed by atoms with Gasteiger partial charge in [0.15, 0.2) is 0 Å². The molecule has 0 radical (unpaired) electrons. The largest absolute Gasteiger partial charge is 0.762 e. The van der Waals surface area contributed by atoms with Crippen molar-refractivity contribution < 1.29 is 22.7 Å². The Balaban J connectivity index is 0.000000423. The Bertz CT molecular complexity index is 345. The molecule has 8 heteroatoms. The number of benzene rings is 1. The van der Waals surface area contributed by atoms with Crippen molar-refractivity contribution >= 4 is 19.5 Å². The lowest BCUT2D eigenvalue weighted by atomic mass is 10.2. The van der Waals surface area contributed by atoms with E-state index in [2.05, 4.69) is 0 Å². The molecule has 0 amide bonds. The summed E-state index contributed by atoms with van der Waals surface area (Å²) >= 11 is 0. The highest BCUT2D eigenvalue weighted by molar-refractivity contribution is 6.33. The fraction of sp³-hybridized carbons (Fsp3) is 0. The van der Waals surface area contributed by atoms with E-state index in [0.717, 1.165) is 0 Å². The van der Waals surface area contributed by atoms with Crippen LogP contribution in [0.1, 0.15) is 10.4 Å². The van der Waals surface area contributed by atoms with E-state index in [-0.39, 0.29) is 5.69 Å². The molecule has 0 heterocycles. The van der Waals surface area contributed by atoms with E-state index in [1.807, 2.05) is 0 Å². The Labute approximate surface area is 83.1 Å². The van der Waals surface area contributed by atoms with Gasteiger partial charge in [-0.1, -0.05) is 12.1 Å². The van der Waals surface area contributed by atoms with E-state index in [4.69, 9.17) is 0 Å². The number of non-ortho nitro benzene ring substituents is 1. The molecule has 4 nitrogen and oxygen atoms in total. The Morgan fingerprint density at radius 1 is 1.33 bits per heavy atom. The van der Waals surface area contributed by atoms with Gasteiger partial charge in [0.05, 0.1) is 4.92 Å². The number of halogens is 3. The van der Waals surface area contributed by atoms with Crippen LogP contribution in [0.3, 0.4) is 0 Å². The zero-order valence-electron chi connectivity index (χ0n) is 7.27. The second kappa shape index (κ2) is 6.58. The monoisotopic (exact) mass is 219 g/mol. The third-order valence-electron chi connectivity index (χ3n) is 1.22. The van der Waals surface area contributed by atoms with Crippen molar-refractivity contribution in [2.24, 2.45) is 0 Å². The number of nitro benzene ring substituents is 1. The Morgan fingerprint density at radius 2 is 1.87 bits per heavy atom. The first-order valence-electron chi connectivity index (χ1n) is 3.59. The van der Waals surface area contributed by atoms with Crippen LogP contribution < -0.4 is 0 Å². The molecule has 1 aromatic rings. The van der Waals surface area contributed by atoms with Gasteiger partial charge in [0, 0.05) is 17.7 Å². The summed E-state index contributed by atoms with van der Waals surface area (Å²) in [5, 5.41) is 10.2. The Morgan fingerprint density at radius 3 is 2.27 bits per heavy atom. The number of carbonyl (C=O) groups is 1. The number of nitrogens with zero attached hydrogens (tertiary/aromatic N) is 1. The molecule has 80 valence electrons. The van der Waals surface area contributed by atoms with Gasteiger partial charge in [-0.3, -0.25) is 27.9 Å². The average molecular weight is 219 g/mol. The van der Waals surface area contributed by atoms with Crippen LogP contribution >= 0.6 is 0 Å². The fourth-order valence-electron chi connectivity index (χ4n) is 0.712. The van der Waals surface area contributed by atoms with Crippen molar-refractivity contribution in [3.8, 4) is 0 Å². The highest BCUT2D eigenvalue weighted by Gasteiger charge is 2.06. The molecule has 0 aliphatic rings. The molecular formula is C7H5BF3NO3. The van der Waals surface area contributed by atoms with Crippen molar-refractivity contribution in [3.05, 3.63) is 39.9 Å². The maximum absolute atomic E-state index is 10.2. The molecule has 0 unspecified atom stereocenters. The second-order valence-electron chi connectivity index (χ2n) is 2.22. The van der Waals surface area contributed by atoms with Crippen LogP contribution in [0.2, 0.25) is 0 Å². The van der Waals surface area contributed by atoms with E-state index in [9.17, 15) is 27.9 Å². The number of aldehydes is 1. The first-order chi connectivity index (χ1) is 6.97. The van der Waals surface area contributed by atoms with Crippen LogP contribution in [0.5, 0.6) is 0 Å². The molecule has 1 aromatic carbocycles. The molecule has 0 aliphatic carbocycles. The maximum atomic E-state index is 10.2. The molecule has 0 aliphatic heterocycles. The number of hydrogen-bond donors (Lipinski definition) is 0. The van der Waals surface area contributed by atoms with Gasteiger partial charge in [0.2, 0.25) is 0 Å². The van der Waals surface area contributed by atoms with Crippen molar-refractivity contribution in [3.63, 3.8) is 0 Å². The number of nitro groups is 1. The lowest BCUT2D eigenvalue weighted by Gasteiger charge is -1.90. The van der Waals surface area contributed by atoms with Crippen LogP contribution in [0.25, 0.3) is 0 Å². The van der Waals surface area contributed by atoms with Crippen LogP contribution in [0, 0.1) is 10.1 Å². The van der Waals surface area contributed by atoms with Gasteiger partial charge in [-0.25, -0.2) is 0 Å². The fourth-order valence-corrected chi connectivity index (χ4v) is 0.712. The topological polar surface area (TPSA) is 60.2 Å². The van der Waals surface area contributed by atoms with Gasteiger partial charge in [-0.05, 0) is 0 Å². The highest BCUT2D eigenvalue weighted by atomic mass is 19.4. The van der Waals surface area contributed by atoms with Gasteiger partial charge >= 0.3 is 7.54 Å². The molecule has 0 fully saturated rings. The summed E-state index contributed by atoms with van der Waals surface area (Å²) in [5.41, 5.74) is 0.258. The molecule has 15 heavy (non-hydrogen) atoms. The summed E-state index contributed by atoms with van der Waals surface area (Å²) in [6, 6.07) is 5.56. The van der Waals surface area contributed by atoms with Crippen LogP contribution in [-0.4, -0.2) is 18.8 Å². The van der Waals surface area contributed by atoms with E-state index < -0.39 is 12.5 Å². The van der Waals surface area contributed by atoms with Gasteiger partial charge in [-0.15, -0.1) is 0 Å². The minimum Gasteiger partial charge on any atom is -0.298 e. The van der Waals surface area contributed by atoms with Gasteiger partial charge in [0.1, 0.15) is 6.29 Å². The van der Waals surface area contributed by atoms with Crippen LogP contribution in [0.15, 0.2) is 24.3 Å². The quantitative estimate of drug-likeness (QED) is 0.331. The summed E-state index contributed by atoms with van der Waals surface area (Å²) in [4.78, 5) is 19.8. The van der Waals surface area contributed by atoms with Crippen molar-refractivity contribution in [1.82, 2.24) is 0 Å². The Hall–Kier alpha value is -1.86. The van der Waals surface area contributed by atoms with Crippen LogP contribution in [-0.2, 0) is 0 Å². The summed E-state index contributed by atoms with van der Waals surface area (Å²) in [5.74, 6) is 0. The first kappa shape index (κ1) is 13.1. The molecule has 0 saturated heterocycles. The number of rotatable bonds is 2. The van der Waals surface area contributed by atoms with Crippen molar-refractivity contribution in [2.45, 2.75) is 0 Å². The zero-order valence-corrected chi connectivity index (χ0v) is 7.27. The third kappa shape index (κ3) is 6.25. The second-order valence-corrected chi connectivity index (χ2v) is 2.22. The van der Waals surface area contributed by atoms with E-state index in [0.29, 0.717) is 11.8 Å². The van der Waals surface area contributed by atoms with Crippen molar-refractivity contribution in [2.75, 3.05) is 0 Å². The predicted molar refractivity (Wildman–Crippen MR) is 47.6 cm³/mol. The lowest BCUT2D eigenvalue weighted by Crippen LogP contribution is -1.88. The molecular weight excluding hydrogens is 214 g/mol. The summed E-state index contributed by atoms with van der Waals surface area (Å²) in [7, 11) is -3.67. The minimum atomic E-state index is -3.67. The Kier molecular flexibility index (Phi) is 5.76. The minimum absolute atomic E-state index is 0.0606.